The van der Waals surface area contributed by atoms with E-state index < -0.39 is 12.0 Å². The van der Waals surface area contributed by atoms with E-state index in [0.29, 0.717) is 5.82 Å². The number of imidazole rings is 1. The van der Waals surface area contributed by atoms with E-state index in [0.717, 1.165) is 0 Å². The maximum atomic E-state index is 11.8. The molecule has 1 aliphatic heterocycles. The van der Waals surface area contributed by atoms with Crippen molar-refractivity contribution in [3.05, 3.63) is 30.1 Å². The first kappa shape index (κ1) is 12.2. The second-order valence-corrected chi connectivity index (χ2v) is 4.29. The molecule has 2 aromatic heterocycles. The quantitative estimate of drug-likeness (QED) is 0.828. The summed E-state index contributed by atoms with van der Waals surface area (Å²) in [5, 5.41) is 11.3. The smallest absolute Gasteiger partial charge is 0.339 e. The van der Waals surface area contributed by atoms with Gasteiger partial charge in [-0.15, -0.1) is 0 Å². The Kier molecular flexibility index (Phi) is 2.63. The van der Waals surface area contributed by atoms with E-state index in [4.69, 9.17) is 5.11 Å². The Labute approximate surface area is 112 Å². The first-order valence-corrected chi connectivity index (χ1v) is 5.88. The zero-order chi connectivity index (χ0) is 14.3. The Bertz CT molecular complexity index is 736. The fourth-order valence-corrected chi connectivity index (χ4v) is 2.15. The zero-order valence-corrected chi connectivity index (χ0v) is 10.2. The minimum absolute atomic E-state index is 0.0484. The number of carbonyl (C=O) groups excluding carboxylic acids is 2. The fourth-order valence-electron chi connectivity index (χ4n) is 2.15. The Morgan fingerprint density at radius 3 is 2.90 bits per heavy atom. The predicted molar refractivity (Wildman–Crippen MR) is 67.7 cm³/mol. The van der Waals surface area contributed by atoms with E-state index in [1.807, 2.05) is 0 Å². The van der Waals surface area contributed by atoms with E-state index in [1.54, 1.807) is 12.3 Å². The van der Waals surface area contributed by atoms with Gasteiger partial charge < -0.3 is 5.11 Å². The minimum Gasteiger partial charge on any atom is -0.478 e. The van der Waals surface area contributed by atoms with Crippen molar-refractivity contribution in [3.8, 4) is 0 Å². The van der Waals surface area contributed by atoms with Gasteiger partial charge in [-0.25, -0.2) is 14.6 Å². The predicted octanol–water partition coefficient (Wildman–Crippen LogP) is 0.479. The van der Waals surface area contributed by atoms with Crippen LogP contribution < -0.4 is 10.2 Å². The summed E-state index contributed by atoms with van der Waals surface area (Å²) in [6, 6.07) is 2.46. The van der Waals surface area contributed by atoms with Crippen LogP contribution in [0.5, 0.6) is 0 Å². The van der Waals surface area contributed by atoms with Crippen molar-refractivity contribution in [2.45, 2.75) is 6.42 Å². The summed E-state index contributed by atoms with van der Waals surface area (Å²) in [5.41, 5.74) is 0.298. The average Bonchev–Trinajstić information content (AvgIpc) is 2.82. The highest BCUT2D eigenvalue weighted by atomic mass is 16.4. The van der Waals surface area contributed by atoms with Crippen LogP contribution in [-0.4, -0.2) is 38.9 Å². The van der Waals surface area contributed by atoms with Crippen LogP contribution in [0.2, 0.25) is 0 Å². The summed E-state index contributed by atoms with van der Waals surface area (Å²) in [6.07, 6.45) is 3.22. The number of carboxylic acids is 1. The normalized spacial score (nSPS) is 15.5. The molecule has 0 aliphatic carbocycles. The van der Waals surface area contributed by atoms with Gasteiger partial charge in [-0.1, -0.05) is 0 Å². The van der Waals surface area contributed by atoms with Gasteiger partial charge in [0.2, 0.25) is 5.91 Å². The zero-order valence-electron chi connectivity index (χ0n) is 10.2. The molecule has 0 aromatic carbocycles. The van der Waals surface area contributed by atoms with Crippen molar-refractivity contribution in [1.82, 2.24) is 14.7 Å². The lowest BCUT2D eigenvalue weighted by Crippen LogP contribution is -2.50. The van der Waals surface area contributed by atoms with Crippen molar-refractivity contribution in [3.63, 3.8) is 0 Å². The summed E-state index contributed by atoms with van der Waals surface area (Å²) in [4.78, 5) is 39.5. The number of aromatic carboxylic acids is 1. The summed E-state index contributed by atoms with van der Waals surface area (Å²) in [5.74, 6) is -0.995. The number of hydrogen-bond donors (Lipinski definition) is 2. The van der Waals surface area contributed by atoms with Crippen LogP contribution >= 0.6 is 0 Å². The van der Waals surface area contributed by atoms with Crippen molar-refractivity contribution >= 4 is 29.4 Å². The largest absolute Gasteiger partial charge is 0.478 e. The second-order valence-electron chi connectivity index (χ2n) is 4.29. The van der Waals surface area contributed by atoms with Gasteiger partial charge in [0, 0.05) is 19.2 Å². The molecule has 3 heterocycles. The number of carboxylic acid groups (broad SMARTS) is 1. The maximum absolute atomic E-state index is 11.8. The van der Waals surface area contributed by atoms with Crippen LogP contribution in [0.3, 0.4) is 0 Å². The molecular weight excluding hydrogens is 264 g/mol. The number of rotatable bonds is 2. The number of carbonyl (C=O) groups is 3. The minimum atomic E-state index is -1.09. The van der Waals surface area contributed by atoms with Crippen molar-refractivity contribution in [2.24, 2.45) is 0 Å². The van der Waals surface area contributed by atoms with Crippen LogP contribution in [-0.2, 0) is 4.79 Å². The Morgan fingerprint density at radius 2 is 2.20 bits per heavy atom. The standard InChI is InChI=1S/C12H10N4O4/c17-8-3-5-16(12(20)14-8)9-6-13-10-7(11(18)19)2-1-4-15(9)10/h1-2,4,6H,3,5H2,(H,18,19)(H,14,17,20). The van der Waals surface area contributed by atoms with E-state index in [1.165, 1.54) is 21.6 Å². The van der Waals surface area contributed by atoms with E-state index in [9.17, 15) is 14.4 Å². The lowest BCUT2D eigenvalue weighted by Gasteiger charge is -2.25. The molecular formula is C12H10N4O4. The molecule has 0 radical (unpaired) electrons. The SMILES string of the molecule is O=C1CCN(c2cnc3c(C(=O)O)cccn23)C(=O)N1. The van der Waals surface area contributed by atoms with Gasteiger partial charge >= 0.3 is 12.0 Å². The number of nitrogens with zero attached hydrogens (tertiary/aromatic N) is 3. The Balaban J connectivity index is 2.09. The Hall–Kier alpha value is -2.90. The van der Waals surface area contributed by atoms with Gasteiger partial charge in [-0.05, 0) is 12.1 Å². The maximum Gasteiger partial charge on any atom is 0.339 e. The molecule has 0 bridgehead atoms. The molecule has 8 heteroatoms. The lowest BCUT2D eigenvalue weighted by atomic mass is 10.3. The van der Waals surface area contributed by atoms with Crippen molar-refractivity contribution in [2.75, 3.05) is 11.4 Å². The van der Waals surface area contributed by atoms with E-state index >= 15 is 0 Å². The second kappa shape index (κ2) is 4.34. The van der Waals surface area contributed by atoms with Crippen LogP contribution in [0.15, 0.2) is 24.5 Å². The highest BCUT2D eigenvalue weighted by molar-refractivity contribution is 6.05. The molecule has 8 nitrogen and oxygen atoms in total. The van der Waals surface area contributed by atoms with Gasteiger partial charge in [0.15, 0.2) is 5.65 Å². The number of amides is 3. The van der Waals surface area contributed by atoms with Gasteiger partial charge in [-0.2, -0.15) is 0 Å². The third-order valence-electron chi connectivity index (χ3n) is 3.08. The van der Waals surface area contributed by atoms with Crippen LogP contribution in [0.4, 0.5) is 10.6 Å². The first-order chi connectivity index (χ1) is 9.58. The third kappa shape index (κ3) is 1.78. The molecule has 1 fully saturated rings. The molecule has 20 heavy (non-hydrogen) atoms. The fraction of sp³-hybridized carbons (Fsp3) is 0.167. The van der Waals surface area contributed by atoms with Crippen molar-refractivity contribution in [1.29, 1.82) is 0 Å². The van der Waals surface area contributed by atoms with Crippen LogP contribution in [0, 0.1) is 0 Å². The number of urea groups is 1. The highest BCUT2D eigenvalue weighted by Gasteiger charge is 2.27. The number of pyridine rings is 1. The molecule has 102 valence electrons. The molecule has 0 spiro atoms. The van der Waals surface area contributed by atoms with E-state index in [-0.39, 0.29) is 30.1 Å². The van der Waals surface area contributed by atoms with Crippen molar-refractivity contribution < 1.29 is 19.5 Å². The molecule has 0 saturated carbocycles. The van der Waals surface area contributed by atoms with Crippen LogP contribution in [0.1, 0.15) is 16.8 Å². The van der Waals surface area contributed by atoms with Gasteiger partial charge in [-0.3, -0.25) is 19.4 Å². The summed E-state index contributed by atoms with van der Waals surface area (Å²) in [6.45, 7) is 0.232. The topological polar surface area (TPSA) is 104 Å². The molecule has 0 atom stereocenters. The summed E-state index contributed by atoms with van der Waals surface area (Å²) in [7, 11) is 0. The molecule has 0 unspecified atom stereocenters. The molecule has 2 N–H and O–H groups in total. The molecule has 3 amide bonds. The number of nitrogens with one attached hydrogen (secondary N) is 1. The van der Waals surface area contributed by atoms with E-state index in [2.05, 4.69) is 10.3 Å². The summed E-state index contributed by atoms with van der Waals surface area (Å²) >= 11 is 0. The van der Waals surface area contributed by atoms with Gasteiger partial charge in [0.05, 0.1) is 6.20 Å². The molecule has 1 saturated heterocycles. The Morgan fingerprint density at radius 1 is 1.40 bits per heavy atom. The molecule has 3 rings (SSSR count). The number of aromatic nitrogens is 2. The lowest BCUT2D eigenvalue weighted by molar-refractivity contribution is -0.120. The number of hydrogen-bond acceptors (Lipinski definition) is 4. The summed E-state index contributed by atoms with van der Waals surface area (Å²) < 4.78 is 1.51. The highest BCUT2D eigenvalue weighted by Crippen LogP contribution is 2.21. The van der Waals surface area contributed by atoms with Gasteiger partial charge in [0.25, 0.3) is 0 Å². The molecule has 2 aromatic rings. The number of imide groups is 1. The third-order valence-corrected chi connectivity index (χ3v) is 3.08. The number of anilines is 1. The first-order valence-electron chi connectivity index (χ1n) is 5.88. The number of fused-ring (bicyclic) bond motifs is 1. The van der Waals surface area contributed by atoms with Crippen LogP contribution in [0.25, 0.3) is 5.65 Å². The molecule has 1 aliphatic rings. The monoisotopic (exact) mass is 274 g/mol. The average molecular weight is 274 g/mol. The van der Waals surface area contributed by atoms with Gasteiger partial charge in [0.1, 0.15) is 11.4 Å².